The van der Waals surface area contributed by atoms with E-state index in [1.54, 1.807) is 42.8 Å². The number of nitrogens with zero attached hydrogens (tertiary/aromatic N) is 2. The third-order valence-corrected chi connectivity index (χ3v) is 3.76. The number of carbonyl (C=O) groups is 3. The molecule has 0 spiro atoms. The highest BCUT2D eigenvalue weighted by molar-refractivity contribution is 5.98. The second kappa shape index (κ2) is 9.36. The van der Waals surface area contributed by atoms with Gasteiger partial charge in [-0.2, -0.15) is 5.10 Å². The molecule has 1 N–H and O–H groups in total. The summed E-state index contributed by atoms with van der Waals surface area (Å²) >= 11 is 0. The lowest BCUT2D eigenvalue weighted by Gasteiger charge is -2.10. The zero-order valence-electron chi connectivity index (χ0n) is 16.0. The van der Waals surface area contributed by atoms with Crippen molar-refractivity contribution in [2.24, 2.45) is 0 Å². The van der Waals surface area contributed by atoms with Crippen molar-refractivity contribution in [1.29, 1.82) is 0 Å². The van der Waals surface area contributed by atoms with Gasteiger partial charge in [0.2, 0.25) is 0 Å². The van der Waals surface area contributed by atoms with Crippen molar-refractivity contribution in [3.05, 3.63) is 53.5 Å². The first-order valence-electron chi connectivity index (χ1n) is 8.38. The van der Waals surface area contributed by atoms with E-state index in [1.165, 1.54) is 20.4 Å². The zero-order valence-corrected chi connectivity index (χ0v) is 16.0. The van der Waals surface area contributed by atoms with E-state index in [2.05, 4.69) is 19.9 Å². The third kappa shape index (κ3) is 4.76. The lowest BCUT2D eigenvalue weighted by atomic mass is 10.2. The molecule has 0 amide bonds. The van der Waals surface area contributed by atoms with Gasteiger partial charge in [0.05, 0.1) is 44.5 Å². The standard InChI is InChI=1S/C19H21N3O6/c1-5-28-18(24)15-11-20-22(12(15)2)14-8-6-13(7-9-14)21-16(19(25)27-4)10-17(23)26-3/h6-11,21H,5H2,1-4H3/b16-10+. The van der Waals surface area contributed by atoms with Gasteiger partial charge in [0.1, 0.15) is 11.3 Å². The molecular weight excluding hydrogens is 366 g/mol. The molecule has 0 fully saturated rings. The molecule has 28 heavy (non-hydrogen) atoms. The Morgan fingerprint density at radius 1 is 1.14 bits per heavy atom. The largest absolute Gasteiger partial charge is 0.466 e. The SMILES string of the molecule is CCOC(=O)c1cnn(-c2ccc(N/C(=C/C(=O)OC)C(=O)OC)cc2)c1C. The van der Waals surface area contributed by atoms with E-state index in [0.717, 1.165) is 6.08 Å². The van der Waals surface area contributed by atoms with Crippen molar-refractivity contribution in [3.8, 4) is 5.69 Å². The van der Waals surface area contributed by atoms with Gasteiger partial charge in [-0.15, -0.1) is 0 Å². The summed E-state index contributed by atoms with van der Waals surface area (Å²) in [6.07, 6.45) is 2.46. The fourth-order valence-corrected chi connectivity index (χ4v) is 2.35. The summed E-state index contributed by atoms with van der Waals surface area (Å²) in [4.78, 5) is 35.1. The topological polar surface area (TPSA) is 109 Å². The smallest absolute Gasteiger partial charge is 0.354 e. The van der Waals surface area contributed by atoms with Gasteiger partial charge in [-0.3, -0.25) is 0 Å². The Morgan fingerprint density at radius 2 is 1.82 bits per heavy atom. The van der Waals surface area contributed by atoms with Crippen molar-refractivity contribution >= 4 is 23.6 Å². The van der Waals surface area contributed by atoms with Crippen LogP contribution in [0.5, 0.6) is 0 Å². The second-order valence-electron chi connectivity index (χ2n) is 5.52. The molecule has 0 radical (unpaired) electrons. The summed E-state index contributed by atoms with van der Waals surface area (Å²) in [5, 5.41) is 7.03. The number of hydrogen-bond acceptors (Lipinski definition) is 8. The Labute approximate surface area is 161 Å². The molecule has 1 aromatic heterocycles. The van der Waals surface area contributed by atoms with Gasteiger partial charge in [0.25, 0.3) is 0 Å². The van der Waals surface area contributed by atoms with Crippen LogP contribution in [-0.4, -0.2) is 48.5 Å². The first-order chi connectivity index (χ1) is 13.4. The van der Waals surface area contributed by atoms with Crippen LogP contribution in [0.3, 0.4) is 0 Å². The number of esters is 3. The fraction of sp³-hybridized carbons (Fsp3) is 0.263. The van der Waals surface area contributed by atoms with Crippen molar-refractivity contribution in [3.63, 3.8) is 0 Å². The molecule has 148 valence electrons. The maximum atomic E-state index is 11.9. The maximum absolute atomic E-state index is 11.9. The molecule has 9 nitrogen and oxygen atoms in total. The van der Waals surface area contributed by atoms with Crippen molar-refractivity contribution in [1.82, 2.24) is 9.78 Å². The van der Waals surface area contributed by atoms with E-state index in [1.807, 2.05) is 0 Å². The molecule has 0 saturated carbocycles. The quantitative estimate of drug-likeness (QED) is 0.437. The predicted molar refractivity (Wildman–Crippen MR) is 100.0 cm³/mol. The van der Waals surface area contributed by atoms with Crippen LogP contribution in [0.2, 0.25) is 0 Å². The van der Waals surface area contributed by atoms with Gasteiger partial charge in [-0.05, 0) is 38.1 Å². The lowest BCUT2D eigenvalue weighted by molar-refractivity contribution is -0.138. The number of carbonyl (C=O) groups excluding carboxylic acids is 3. The minimum absolute atomic E-state index is 0.0676. The van der Waals surface area contributed by atoms with Gasteiger partial charge in [0, 0.05) is 5.69 Å². The molecule has 0 bridgehead atoms. The van der Waals surface area contributed by atoms with Crippen LogP contribution in [0, 0.1) is 6.92 Å². The fourth-order valence-electron chi connectivity index (χ4n) is 2.35. The molecule has 1 heterocycles. The molecule has 0 aliphatic carbocycles. The highest BCUT2D eigenvalue weighted by Crippen LogP contribution is 2.19. The van der Waals surface area contributed by atoms with Crippen LogP contribution < -0.4 is 5.32 Å². The summed E-state index contributed by atoms with van der Waals surface area (Å²) < 4.78 is 15.8. The number of ether oxygens (including phenoxy) is 3. The summed E-state index contributed by atoms with van der Waals surface area (Å²) in [6.45, 7) is 3.78. The maximum Gasteiger partial charge on any atom is 0.354 e. The summed E-state index contributed by atoms with van der Waals surface area (Å²) in [7, 11) is 2.42. The molecule has 1 aromatic carbocycles. The van der Waals surface area contributed by atoms with Crippen LogP contribution in [0.4, 0.5) is 5.69 Å². The van der Waals surface area contributed by atoms with Gasteiger partial charge in [-0.1, -0.05) is 0 Å². The predicted octanol–water partition coefficient (Wildman–Crippen LogP) is 2.00. The van der Waals surface area contributed by atoms with Gasteiger partial charge in [0.15, 0.2) is 0 Å². The van der Waals surface area contributed by atoms with Crippen molar-refractivity contribution in [2.75, 3.05) is 26.1 Å². The Bertz CT molecular complexity index is 899. The number of nitrogens with one attached hydrogen (secondary N) is 1. The summed E-state index contributed by atoms with van der Waals surface area (Å²) in [6, 6.07) is 6.86. The number of rotatable bonds is 7. The lowest BCUT2D eigenvalue weighted by Crippen LogP contribution is -2.15. The minimum Gasteiger partial charge on any atom is -0.466 e. The summed E-state index contributed by atoms with van der Waals surface area (Å²) in [5.74, 6) is -1.83. The first kappa shape index (κ1) is 20.7. The Balaban J connectivity index is 2.24. The molecule has 0 atom stereocenters. The van der Waals surface area contributed by atoms with Crippen LogP contribution >= 0.6 is 0 Å². The molecule has 9 heteroatoms. The zero-order chi connectivity index (χ0) is 20.7. The van der Waals surface area contributed by atoms with Gasteiger partial charge < -0.3 is 19.5 Å². The number of methoxy groups -OCH3 is 2. The Morgan fingerprint density at radius 3 is 2.39 bits per heavy atom. The average Bonchev–Trinajstić information content (AvgIpc) is 3.08. The van der Waals surface area contributed by atoms with Crippen LogP contribution in [0.25, 0.3) is 5.69 Å². The molecule has 0 saturated heterocycles. The first-order valence-corrected chi connectivity index (χ1v) is 8.38. The van der Waals surface area contributed by atoms with E-state index in [0.29, 0.717) is 22.6 Å². The van der Waals surface area contributed by atoms with E-state index >= 15 is 0 Å². The number of benzene rings is 1. The van der Waals surface area contributed by atoms with Crippen LogP contribution in [0.15, 0.2) is 42.2 Å². The van der Waals surface area contributed by atoms with E-state index < -0.39 is 17.9 Å². The third-order valence-electron chi connectivity index (χ3n) is 3.76. The van der Waals surface area contributed by atoms with Gasteiger partial charge >= 0.3 is 17.9 Å². The highest BCUT2D eigenvalue weighted by Gasteiger charge is 2.16. The molecule has 0 aliphatic rings. The van der Waals surface area contributed by atoms with Gasteiger partial charge in [-0.25, -0.2) is 19.1 Å². The van der Waals surface area contributed by atoms with Crippen LogP contribution in [-0.2, 0) is 23.8 Å². The van der Waals surface area contributed by atoms with E-state index in [-0.39, 0.29) is 12.3 Å². The molecule has 2 aromatic rings. The Hall–Kier alpha value is -3.62. The van der Waals surface area contributed by atoms with E-state index in [4.69, 9.17) is 4.74 Å². The van der Waals surface area contributed by atoms with Crippen molar-refractivity contribution in [2.45, 2.75) is 13.8 Å². The highest BCUT2D eigenvalue weighted by atomic mass is 16.5. The van der Waals surface area contributed by atoms with Crippen molar-refractivity contribution < 1.29 is 28.6 Å². The monoisotopic (exact) mass is 387 g/mol. The molecule has 2 rings (SSSR count). The molecule has 0 unspecified atom stereocenters. The molecule has 0 aliphatic heterocycles. The normalized spacial score (nSPS) is 10.9. The number of anilines is 1. The average molecular weight is 387 g/mol. The number of hydrogen-bond donors (Lipinski definition) is 1. The summed E-state index contributed by atoms with van der Waals surface area (Å²) in [5.41, 5.74) is 2.20. The molecular formula is C19H21N3O6. The van der Waals surface area contributed by atoms with E-state index in [9.17, 15) is 14.4 Å². The Kier molecular flexibility index (Phi) is 6.91. The second-order valence-corrected chi connectivity index (χ2v) is 5.52. The number of aromatic nitrogens is 2. The minimum atomic E-state index is -0.712. The van der Waals surface area contributed by atoms with Crippen LogP contribution in [0.1, 0.15) is 23.0 Å².